The second-order valence-corrected chi connectivity index (χ2v) is 4.21. The fraction of sp³-hybridized carbons (Fsp3) is 0.0714. The molecular formula is C14H13N3O. The van der Waals surface area contributed by atoms with E-state index in [1.165, 1.54) is 0 Å². The molecule has 18 heavy (non-hydrogen) atoms. The molecule has 0 fully saturated rings. The number of nitrogens with one attached hydrogen (secondary N) is 1. The number of nitrogens with zero attached hydrogens (tertiary/aromatic N) is 1. The highest BCUT2D eigenvalue weighted by atomic mass is 16.2. The van der Waals surface area contributed by atoms with Gasteiger partial charge in [-0.15, -0.1) is 0 Å². The van der Waals surface area contributed by atoms with Gasteiger partial charge < -0.3 is 16.0 Å². The van der Waals surface area contributed by atoms with Gasteiger partial charge in [-0.1, -0.05) is 24.3 Å². The van der Waals surface area contributed by atoms with Gasteiger partial charge in [0.15, 0.2) is 0 Å². The molecule has 0 saturated carbocycles. The van der Waals surface area contributed by atoms with E-state index < -0.39 is 0 Å². The average molecular weight is 239 g/mol. The molecule has 1 aliphatic heterocycles. The van der Waals surface area contributed by atoms with Crippen LogP contribution in [0.25, 0.3) is 0 Å². The summed E-state index contributed by atoms with van der Waals surface area (Å²) in [5, 5.41) is 2.86. The predicted molar refractivity (Wildman–Crippen MR) is 72.9 cm³/mol. The minimum Gasteiger partial charge on any atom is -0.397 e. The van der Waals surface area contributed by atoms with Crippen molar-refractivity contribution in [1.82, 2.24) is 0 Å². The molecule has 4 heteroatoms. The van der Waals surface area contributed by atoms with Gasteiger partial charge in [-0.25, -0.2) is 0 Å². The van der Waals surface area contributed by atoms with E-state index in [1.807, 2.05) is 53.4 Å². The van der Waals surface area contributed by atoms with Crippen LogP contribution in [0.4, 0.5) is 22.7 Å². The fourth-order valence-electron chi connectivity index (χ4n) is 2.18. The maximum atomic E-state index is 11.7. The third kappa shape index (κ3) is 1.68. The molecule has 0 bridgehead atoms. The van der Waals surface area contributed by atoms with Gasteiger partial charge in [0.1, 0.15) is 6.54 Å². The number of rotatable bonds is 1. The number of fused-ring (bicyclic) bond motifs is 1. The molecule has 3 rings (SSSR count). The Labute approximate surface area is 105 Å². The number of benzene rings is 2. The third-order valence-electron chi connectivity index (χ3n) is 3.00. The van der Waals surface area contributed by atoms with Crippen molar-refractivity contribution in [2.24, 2.45) is 0 Å². The van der Waals surface area contributed by atoms with Crippen LogP contribution in [0.3, 0.4) is 0 Å². The number of hydrogen-bond donors (Lipinski definition) is 2. The molecule has 4 nitrogen and oxygen atoms in total. The van der Waals surface area contributed by atoms with Crippen molar-refractivity contribution in [3.8, 4) is 0 Å². The van der Waals surface area contributed by atoms with Crippen LogP contribution in [0.1, 0.15) is 0 Å². The lowest BCUT2D eigenvalue weighted by atomic mass is 10.1. The first-order valence-electron chi connectivity index (χ1n) is 5.76. The Hall–Kier alpha value is -2.49. The number of nitrogen functional groups attached to an aromatic ring is 1. The van der Waals surface area contributed by atoms with Gasteiger partial charge in [-0.2, -0.15) is 0 Å². The van der Waals surface area contributed by atoms with E-state index in [9.17, 15) is 4.79 Å². The van der Waals surface area contributed by atoms with E-state index in [2.05, 4.69) is 5.32 Å². The van der Waals surface area contributed by atoms with Gasteiger partial charge in [0.2, 0.25) is 5.91 Å². The van der Waals surface area contributed by atoms with Crippen LogP contribution in [0.15, 0.2) is 48.5 Å². The van der Waals surface area contributed by atoms with Crippen molar-refractivity contribution in [2.45, 2.75) is 0 Å². The lowest BCUT2D eigenvalue weighted by Gasteiger charge is -2.31. The lowest BCUT2D eigenvalue weighted by molar-refractivity contribution is -0.115. The smallest absolute Gasteiger partial charge is 0.244 e. The van der Waals surface area contributed by atoms with Crippen LogP contribution in [0.2, 0.25) is 0 Å². The summed E-state index contributed by atoms with van der Waals surface area (Å²) in [6, 6.07) is 15.3. The highest BCUT2D eigenvalue weighted by molar-refractivity contribution is 6.03. The van der Waals surface area contributed by atoms with Gasteiger partial charge in [0.25, 0.3) is 0 Å². The van der Waals surface area contributed by atoms with Crippen molar-refractivity contribution < 1.29 is 4.79 Å². The van der Waals surface area contributed by atoms with Crippen LogP contribution in [0.5, 0.6) is 0 Å². The van der Waals surface area contributed by atoms with Gasteiger partial charge in [-0.05, 0) is 24.3 Å². The highest BCUT2D eigenvalue weighted by Crippen LogP contribution is 2.36. The van der Waals surface area contributed by atoms with Crippen molar-refractivity contribution >= 4 is 28.7 Å². The number of anilines is 4. The summed E-state index contributed by atoms with van der Waals surface area (Å²) in [6.07, 6.45) is 0. The second-order valence-electron chi connectivity index (χ2n) is 4.21. The molecule has 0 saturated heterocycles. The van der Waals surface area contributed by atoms with E-state index in [-0.39, 0.29) is 12.5 Å². The molecular weight excluding hydrogens is 226 g/mol. The molecule has 0 atom stereocenters. The van der Waals surface area contributed by atoms with Crippen molar-refractivity contribution in [2.75, 3.05) is 22.5 Å². The molecule has 3 N–H and O–H groups in total. The Morgan fingerprint density at radius 2 is 1.67 bits per heavy atom. The largest absolute Gasteiger partial charge is 0.397 e. The summed E-state index contributed by atoms with van der Waals surface area (Å²) >= 11 is 0. The molecule has 2 aromatic carbocycles. The minimum atomic E-state index is -0.0306. The van der Waals surface area contributed by atoms with E-state index in [1.54, 1.807) is 0 Å². The molecule has 1 heterocycles. The van der Waals surface area contributed by atoms with Gasteiger partial charge >= 0.3 is 0 Å². The summed E-state index contributed by atoms with van der Waals surface area (Å²) in [4.78, 5) is 13.7. The van der Waals surface area contributed by atoms with Crippen molar-refractivity contribution in [1.29, 1.82) is 0 Å². The fourth-order valence-corrected chi connectivity index (χ4v) is 2.18. The molecule has 0 aliphatic carbocycles. The summed E-state index contributed by atoms with van der Waals surface area (Å²) in [7, 11) is 0. The van der Waals surface area contributed by atoms with E-state index in [4.69, 9.17) is 5.73 Å². The highest BCUT2D eigenvalue weighted by Gasteiger charge is 2.23. The van der Waals surface area contributed by atoms with Gasteiger partial charge in [-0.3, -0.25) is 4.79 Å². The quantitative estimate of drug-likeness (QED) is 0.751. The van der Waals surface area contributed by atoms with E-state index in [0.717, 1.165) is 17.1 Å². The first-order valence-corrected chi connectivity index (χ1v) is 5.76. The van der Waals surface area contributed by atoms with Crippen molar-refractivity contribution in [3.63, 3.8) is 0 Å². The molecule has 90 valence electrons. The molecule has 1 amide bonds. The van der Waals surface area contributed by atoms with E-state index >= 15 is 0 Å². The second kappa shape index (κ2) is 4.07. The van der Waals surface area contributed by atoms with Crippen LogP contribution < -0.4 is 16.0 Å². The number of para-hydroxylation sites is 4. The Bertz CT molecular complexity index is 609. The molecule has 0 spiro atoms. The average Bonchev–Trinajstić information content (AvgIpc) is 2.38. The number of carbonyl (C=O) groups excluding carboxylic acids is 1. The summed E-state index contributed by atoms with van der Waals surface area (Å²) < 4.78 is 0. The summed E-state index contributed by atoms with van der Waals surface area (Å²) in [6.45, 7) is 0.283. The molecule has 2 aromatic rings. The molecule has 1 aliphatic rings. The maximum Gasteiger partial charge on any atom is 0.244 e. The topological polar surface area (TPSA) is 58.4 Å². The zero-order chi connectivity index (χ0) is 12.5. The van der Waals surface area contributed by atoms with Crippen LogP contribution >= 0.6 is 0 Å². The van der Waals surface area contributed by atoms with Crippen LogP contribution in [-0.4, -0.2) is 12.5 Å². The Morgan fingerprint density at radius 1 is 1.00 bits per heavy atom. The first kappa shape index (κ1) is 10.7. The number of nitrogens with two attached hydrogens (primary N) is 1. The van der Waals surface area contributed by atoms with Crippen LogP contribution in [0, 0.1) is 0 Å². The maximum absolute atomic E-state index is 11.7. The lowest BCUT2D eigenvalue weighted by Crippen LogP contribution is -2.35. The zero-order valence-electron chi connectivity index (χ0n) is 9.76. The predicted octanol–water partition coefficient (Wildman–Crippen LogP) is 2.36. The summed E-state index contributed by atoms with van der Waals surface area (Å²) in [5.41, 5.74) is 9.29. The van der Waals surface area contributed by atoms with Crippen molar-refractivity contribution in [3.05, 3.63) is 48.5 Å². The molecule has 0 aromatic heterocycles. The zero-order valence-corrected chi connectivity index (χ0v) is 9.76. The Kier molecular flexibility index (Phi) is 2.41. The normalized spacial score (nSPS) is 14.0. The Morgan fingerprint density at radius 3 is 2.44 bits per heavy atom. The standard InChI is InChI=1S/C14H13N3O/c15-10-5-1-3-7-12(10)17-9-14(18)16-11-6-2-4-8-13(11)17/h1-8H,9,15H2,(H,16,18). The minimum absolute atomic E-state index is 0.0306. The number of hydrogen-bond acceptors (Lipinski definition) is 3. The first-order chi connectivity index (χ1) is 8.75. The van der Waals surface area contributed by atoms with E-state index in [0.29, 0.717) is 5.69 Å². The molecule has 0 radical (unpaired) electrons. The summed E-state index contributed by atoms with van der Waals surface area (Å²) in [5.74, 6) is -0.0306. The molecule has 0 unspecified atom stereocenters. The third-order valence-corrected chi connectivity index (χ3v) is 3.00. The number of amides is 1. The number of carbonyl (C=O) groups is 1. The Balaban J connectivity index is 2.13. The van der Waals surface area contributed by atoms with Gasteiger partial charge in [0.05, 0.1) is 22.7 Å². The van der Waals surface area contributed by atoms with Crippen LogP contribution in [-0.2, 0) is 4.79 Å². The SMILES string of the molecule is Nc1ccccc1N1CC(=O)Nc2ccccc21. The monoisotopic (exact) mass is 239 g/mol. The van der Waals surface area contributed by atoms with Gasteiger partial charge in [0, 0.05) is 0 Å².